The van der Waals surface area contributed by atoms with Crippen molar-refractivity contribution in [3.63, 3.8) is 0 Å². The number of benzene rings is 2. The van der Waals surface area contributed by atoms with E-state index >= 15 is 0 Å². The van der Waals surface area contributed by atoms with Crippen LogP contribution >= 0.6 is 11.3 Å². The van der Waals surface area contributed by atoms with Crippen molar-refractivity contribution < 1.29 is 4.79 Å². The van der Waals surface area contributed by atoms with E-state index in [1.165, 1.54) is 0 Å². The van der Waals surface area contributed by atoms with E-state index < -0.39 is 0 Å². The molecule has 2 aromatic heterocycles. The molecule has 6 heteroatoms. The Morgan fingerprint density at radius 2 is 1.89 bits per heavy atom. The van der Waals surface area contributed by atoms with E-state index in [0.29, 0.717) is 17.5 Å². The third-order valence-electron chi connectivity index (χ3n) is 4.91. The predicted octanol–water partition coefficient (Wildman–Crippen LogP) is 4.52. The Kier molecular flexibility index (Phi) is 4.88. The normalized spacial score (nSPS) is 12.2. The maximum Gasteiger partial charge on any atom is 0.274 e. The second-order valence-corrected chi connectivity index (χ2v) is 7.81. The quantitative estimate of drug-likeness (QED) is 0.544. The van der Waals surface area contributed by atoms with Gasteiger partial charge in [0.1, 0.15) is 5.00 Å². The number of thiophene rings is 1. The maximum atomic E-state index is 12.7. The van der Waals surface area contributed by atoms with Crippen LogP contribution in [0.2, 0.25) is 0 Å². The molecule has 0 aliphatic rings. The third-order valence-corrected chi connectivity index (χ3v) is 5.75. The Morgan fingerprint density at radius 3 is 2.61 bits per heavy atom. The summed E-state index contributed by atoms with van der Waals surface area (Å²) in [5.74, 6) is 0.0583. The first-order valence-corrected chi connectivity index (χ1v) is 10.0. The number of amides is 1. The van der Waals surface area contributed by atoms with Gasteiger partial charge in [-0.25, -0.2) is 9.36 Å². The van der Waals surface area contributed by atoms with Gasteiger partial charge in [0.05, 0.1) is 10.9 Å². The van der Waals surface area contributed by atoms with Crippen LogP contribution in [0, 0.1) is 0 Å². The van der Waals surface area contributed by atoms with Crippen molar-refractivity contribution >= 4 is 33.8 Å². The molecule has 4 aromatic rings. The molecule has 0 fully saturated rings. The van der Waals surface area contributed by atoms with Crippen molar-refractivity contribution in [2.24, 2.45) is 7.05 Å². The zero-order valence-corrected chi connectivity index (χ0v) is 16.6. The van der Waals surface area contributed by atoms with Crippen LogP contribution in [0.1, 0.15) is 24.8 Å². The van der Waals surface area contributed by atoms with E-state index in [2.05, 4.69) is 5.32 Å². The number of carbonyl (C=O) groups excluding carboxylic acids is 1. The highest BCUT2D eigenvalue weighted by atomic mass is 32.1. The van der Waals surface area contributed by atoms with Crippen molar-refractivity contribution in [1.82, 2.24) is 9.36 Å². The molecule has 4 rings (SSSR count). The minimum atomic E-state index is -0.0860. The van der Waals surface area contributed by atoms with Gasteiger partial charge in [0.25, 0.3) is 5.56 Å². The lowest BCUT2D eigenvalue weighted by Crippen LogP contribution is -2.17. The SMILES string of the molecule is CC(CC(=O)Nc1ccc2c(c1)c(=O)n(C)n2-c1cccs1)c1ccccc1. The molecule has 5 nitrogen and oxygen atoms in total. The molecule has 0 bridgehead atoms. The molecule has 0 saturated carbocycles. The van der Waals surface area contributed by atoms with Crippen LogP contribution in [0.5, 0.6) is 0 Å². The van der Waals surface area contributed by atoms with Gasteiger partial charge in [-0.1, -0.05) is 37.3 Å². The zero-order valence-electron chi connectivity index (χ0n) is 15.8. The van der Waals surface area contributed by atoms with Gasteiger partial charge in [0.2, 0.25) is 5.91 Å². The Balaban J connectivity index is 1.58. The van der Waals surface area contributed by atoms with Gasteiger partial charge in [0.15, 0.2) is 0 Å². The van der Waals surface area contributed by atoms with Gasteiger partial charge in [-0.3, -0.25) is 9.59 Å². The largest absolute Gasteiger partial charge is 0.326 e. The van der Waals surface area contributed by atoms with Crippen LogP contribution in [-0.4, -0.2) is 15.3 Å². The number of aromatic nitrogens is 2. The van der Waals surface area contributed by atoms with E-state index in [9.17, 15) is 9.59 Å². The first kappa shape index (κ1) is 18.3. The number of hydrogen-bond acceptors (Lipinski definition) is 3. The molecule has 2 aromatic carbocycles. The summed E-state index contributed by atoms with van der Waals surface area (Å²) in [5.41, 5.74) is 2.51. The number of nitrogens with one attached hydrogen (secondary N) is 1. The molecule has 2 heterocycles. The standard InChI is InChI=1S/C22H21N3O2S/c1-15(16-7-4-3-5-8-16)13-20(26)23-17-10-11-19-18(14-17)22(27)24(2)25(19)21-9-6-12-28-21/h3-12,14-15H,13H2,1-2H3,(H,23,26). The molecule has 28 heavy (non-hydrogen) atoms. The summed E-state index contributed by atoms with van der Waals surface area (Å²) in [6.45, 7) is 2.04. The summed E-state index contributed by atoms with van der Waals surface area (Å²) < 4.78 is 3.49. The average Bonchev–Trinajstić information content (AvgIpc) is 3.30. The van der Waals surface area contributed by atoms with E-state index in [0.717, 1.165) is 16.1 Å². The topological polar surface area (TPSA) is 56.0 Å². The van der Waals surface area contributed by atoms with Gasteiger partial charge in [-0.15, -0.1) is 11.3 Å². The van der Waals surface area contributed by atoms with Crippen LogP contribution in [0.15, 0.2) is 70.8 Å². The zero-order chi connectivity index (χ0) is 19.7. The average molecular weight is 391 g/mol. The highest BCUT2D eigenvalue weighted by Gasteiger charge is 2.15. The number of rotatable bonds is 5. The highest BCUT2D eigenvalue weighted by molar-refractivity contribution is 7.12. The lowest BCUT2D eigenvalue weighted by molar-refractivity contribution is -0.116. The summed E-state index contributed by atoms with van der Waals surface area (Å²) >= 11 is 1.57. The summed E-state index contributed by atoms with van der Waals surface area (Å²) in [4.78, 5) is 25.2. The number of hydrogen-bond donors (Lipinski definition) is 1. The fourth-order valence-electron chi connectivity index (χ4n) is 3.44. The minimum absolute atomic E-state index is 0.0646. The Hall–Kier alpha value is -3.12. The van der Waals surface area contributed by atoms with E-state index in [4.69, 9.17) is 0 Å². The Bertz CT molecular complexity index is 1170. The molecule has 0 radical (unpaired) electrons. The molecule has 0 aliphatic carbocycles. The number of carbonyl (C=O) groups is 1. The van der Waals surface area contributed by atoms with E-state index in [1.54, 1.807) is 29.1 Å². The smallest absolute Gasteiger partial charge is 0.274 e. The Labute approximate surface area is 166 Å². The highest BCUT2D eigenvalue weighted by Crippen LogP contribution is 2.24. The summed E-state index contributed by atoms with van der Waals surface area (Å²) in [5, 5.41) is 6.47. The molecule has 142 valence electrons. The molecule has 1 atom stereocenters. The van der Waals surface area contributed by atoms with Gasteiger partial charge >= 0.3 is 0 Å². The second kappa shape index (κ2) is 7.48. The van der Waals surface area contributed by atoms with Gasteiger partial charge in [-0.05, 0) is 47.2 Å². The van der Waals surface area contributed by atoms with Crippen molar-refractivity contribution in [2.45, 2.75) is 19.3 Å². The van der Waals surface area contributed by atoms with Crippen LogP contribution in [0.25, 0.3) is 15.9 Å². The molecular weight excluding hydrogens is 370 g/mol. The predicted molar refractivity (Wildman–Crippen MR) is 114 cm³/mol. The van der Waals surface area contributed by atoms with Gasteiger partial charge in [-0.2, -0.15) is 0 Å². The van der Waals surface area contributed by atoms with Crippen LogP contribution in [-0.2, 0) is 11.8 Å². The Morgan fingerprint density at radius 1 is 1.11 bits per heavy atom. The first-order chi connectivity index (χ1) is 13.5. The molecule has 0 saturated heterocycles. The van der Waals surface area contributed by atoms with Crippen molar-refractivity contribution in [1.29, 1.82) is 0 Å². The molecule has 1 amide bonds. The number of nitrogens with zero attached hydrogens (tertiary/aromatic N) is 2. The number of fused-ring (bicyclic) bond motifs is 1. The molecule has 1 unspecified atom stereocenters. The minimum Gasteiger partial charge on any atom is -0.326 e. The van der Waals surface area contributed by atoms with Crippen molar-refractivity contribution in [3.05, 3.63) is 82.0 Å². The molecule has 0 spiro atoms. The second-order valence-electron chi connectivity index (χ2n) is 6.89. The van der Waals surface area contributed by atoms with Crippen molar-refractivity contribution in [3.8, 4) is 5.00 Å². The first-order valence-electron chi connectivity index (χ1n) is 9.15. The van der Waals surface area contributed by atoms with Gasteiger partial charge < -0.3 is 5.32 Å². The molecular formula is C22H21N3O2S. The maximum absolute atomic E-state index is 12.7. The van der Waals surface area contributed by atoms with Crippen molar-refractivity contribution in [2.75, 3.05) is 5.32 Å². The van der Waals surface area contributed by atoms with Crippen LogP contribution in [0.4, 0.5) is 5.69 Å². The monoisotopic (exact) mass is 391 g/mol. The fourth-order valence-corrected chi connectivity index (χ4v) is 4.22. The van der Waals surface area contributed by atoms with Crippen LogP contribution < -0.4 is 10.9 Å². The van der Waals surface area contributed by atoms with Crippen LogP contribution in [0.3, 0.4) is 0 Å². The number of anilines is 1. The molecule has 1 N–H and O–H groups in total. The third kappa shape index (κ3) is 3.39. The molecule has 0 aliphatic heterocycles. The summed E-state index contributed by atoms with van der Waals surface area (Å²) in [6, 6.07) is 19.4. The lowest BCUT2D eigenvalue weighted by atomic mass is 9.97. The van der Waals surface area contributed by atoms with E-state index in [-0.39, 0.29) is 17.4 Å². The summed E-state index contributed by atoms with van der Waals surface area (Å²) in [7, 11) is 1.75. The lowest BCUT2D eigenvalue weighted by Gasteiger charge is -2.12. The van der Waals surface area contributed by atoms with Gasteiger partial charge in [0, 0.05) is 19.2 Å². The fraction of sp³-hybridized carbons (Fsp3) is 0.182. The van der Waals surface area contributed by atoms with E-state index in [1.807, 2.05) is 71.6 Å². The summed E-state index contributed by atoms with van der Waals surface area (Å²) in [6.07, 6.45) is 0.385.